The van der Waals surface area contributed by atoms with Gasteiger partial charge in [-0.2, -0.15) is 5.10 Å². The molecule has 0 aliphatic heterocycles. The summed E-state index contributed by atoms with van der Waals surface area (Å²) in [7, 11) is 1.62. The summed E-state index contributed by atoms with van der Waals surface area (Å²) < 4.78 is 5.31. The van der Waals surface area contributed by atoms with Crippen molar-refractivity contribution in [3.05, 3.63) is 64.8 Å². The smallest absolute Gasteiger partial charge is 0.257 e. The number of halogens is 1. The van der Waals surface area contributed by atoms with Gasteiger partial charge in [0.15, 0.2) is 0 Å². The number of aromatic nitrogens is 2. The van der Waals surface area contributed by atoms with E-state index in [-0.39, 0.29) is 5.91 Å². The summed E-state index contributed by atoms with van der Waals surface area (Å²) in [5, 5.41) is 10.9. The van der Waals surface area contributed by atoms with Crippen molar-refractivity contribution >= 4 is 23.2 Å². The SMILES string of the molecule is COc1cccc(-c2n[nH]c(CC(C)C)c2NC(=O)c2ccccc2Cl)c1. The van der Waals surface area contributed by atoms with Crippen LogP contribution in [0, 0.1) is 5.92 Å². The van der Waals surface area contributed by atoms with Gasteiger partial charge >= 0.3 is 0 Å². The van der Waals surface area contributed by atoms with Gasteiger partial charge in [-0.3, -0.25) is 9.89 Å². The van der Waals surface area contributed by atoms with Crippen molar-refractivity contribution < 1.29 is 9.53 Å². The third-order valence-electron chi connectivity index (χ3n) is 4.15. The highest BCUT2D eigenvalue weighted by atomic mass is 35.5. The molecule has 0 atom stereocenters. The van der Waals surface area contributed by atoms with Crippen molar-refractivity contribution in [1.82, 2.24) is 10.2 Å². The van der Waals surface area contributed by atoms with E-state index < -0.39 is 0 Å². The van der Waals surface area contributed by atoms with Crippen LogP contribution in [0.15, 0.2) is 48.5 Å². The first-order valence-corrected chi connectivity index (χ1v) is 9.15. The first-order chi connectivity index (χ1) is 13.0. The third kappa shape index (κ3) is 4.31. The zero-order chi connectivity index (χ0) is 19.4. The van der Waals surface area contributed by atoms with Crippen LogP contribution < -0.4 is 10.1 Å². The molecular weight excluding hydrogens is 362 g/mol. The van der Waals surface area contributed by atoms with Gasteiger partial charge in [-0.15, -0.1) is 0 Å². The van der Waals surface area contributed by atoms with Crippen molar-refractivity contribution in [2.24, 2.45) is 5.92 Å². The lowest BCUT2D eigenvalue weighted by molar-refractivity contribution is 0.102. The number of nitrogens with zero attached hydrogens (tertiary/aromatic N) is 1. The van der Waals surface area contributed by atoms with Crippen LogP contribution in [0.5, 0.6) is 5.75 Å². The summed E-state index contributed by atoms with van der Waals surface area (Å²) in [6.45, 7) is 4.23. The highest BCUT2D eigenvalue weighted by Gasteiger charge is 2.20. The highest BCUT2D eigenvalue weighted by molar-refractivity contribution is 6.34. The van der Waals surface area contributed by atoms with Crippen LogP contribution in [0.3, 0.4) is 0 Å². The van der Waals surface area contributed by atoms with E-state index in [1.807, 2.05) is 24.3 Å². The van der Waals surface area contributed by atoms with E-state index in [1.165, 1.54) is 0 Å². The maximum absolute atomic E-state index is 12.8. The molecule has 0 fully saturated rings. The Morgan fingerprint density at radius 2 is 2.00 bits per heavy atom. The predicted octanol–water partition coefficient (Wildman–Crippen LogP) is 5.19. The second-order valence-corrected chi connectivity index (χ2v) is 7.10. The van der Waals surface area contributed by atoms with Crippen LogP contribution >= 0.6 is 11.6 Å². The number of hydrogen-bond acceptors (Lipinski definition) is 3. The summed E-state index contributed by atoms with van der Waals surface area (Å²) in [4.78, 5) is 12.8. The van der Waals surface area contributed by atoms with Gasteiger partial charge < -0.3 is 10.1 Å². The first-order valence-electron chi connectivity index (χ1n) is 8.77. The van der Waals surface area contributed by atoms with Crippen molar-refractivity contribution in [3.8, 4) is 17.0 Å². The minimum absolute atomic E-state index is 0.267. The number of carbonyl (C=O) groups is 1. The van der Waals surface area contributed by atoms with Gasteiger partial charge in [0.05, 0.1) is 29.1 Å². The average Bonchev–Trinajstić information content (AvgIpc) is 3.03. The number of nitrogens with one attached hydrogen (secondary N) is 2. The molecule has 1 amide bonds. The third-order valence-corrected chi connectivity index (χ3v) is 4.48. The van der Waals surface area contributed by atoms with Gasteiger partial charge in [0.25, 0.3) is 5.91 Å². The molecule has 1 aromatic heterocycles. The molecule has 140 valence electrons. The Hall–Kier alpha value is -2.79. The Bertz CT molecular complexity index is 950. The standard InChI is InChI=1S/C21H22ClN3O2/c1-13(2)11-18-20(23-21(26)16-9-4-5-10-17(16)22)19(25-24-18)14-7-6-8-15(12-14)27-3/h4-10,12-13H,11H2,1-3H3,(H,23,26)(H,24,25). The fourth-order valence-corrected chi connectivity index (χ4v) is 3.10. The average molecular weight is 384 g/mol. The van der Waals surface area contributed by atoms with E-state index in [9.17, 15) is 4.79 Å². The molecule has 0 saturated carbocycles. The van der Waals surface area contributed by atoms with E-state index in [0.717, 1.165) is 23.4 Å². The Morgan fingerprint density at radius 1 is 1.22 bits per heavy atom. The Labute approximate surface area is 163 Å². The summed E-state index contributed by atoms with van der Waals surface area (Å²) in [6, 6.07) is 14.6. The van der Waals surface area contributed by atoms with Crippen LogP contribution in [0.25, 0.3) is 11.3 Å². The quantitative estimate of drug-likeness (QED) is 0.615. The number of amides is 1. The minimum Gasteiger partial charge on any atom is -0.497 e. The van der Waals surface area contributed by atoms with Gasteiger partial charge in [0.1, 0.15) is 11.4 Å². The molecule has 0 aliphatic carbocycles. The number of methoxy groups -OCH3 is 1. The second-order valence-electron chi connectivity index (χ2n) is 6.69. The molecular formula is C21H22ClN3O2. The van der Waals surface area contributed by atoms with Crippen LogP contribution in [0.2, 0.25) is 5.02 Å². The summed E-state index contributed by atoms with van der Waals surface area (Å²) in [6.07, 6.45) is 0.759. The van der Waals surface area contributed by atoms with Gasteiger partial charge in [0, 0.05) is 5.56 Å². The zero-order valence-electron chi connectivity index (χ0n) is 15.5. The number of anilines is 1. The highest BCUT2D eigenvalue weighted by Crippen LogP contribution is 2.32. The molecule has 3 aromatic rings. The Kier molecular flexibility index (Phi) is 5.81. The number of carbonyl (C=O) groups excluding carboxylic acids is 1. The minimum atomic E-state index is -0.267. The van der Waals surface area contributed by atoms with Crippen LogP contribution in [-0.4, -0.2) is 23.2 Å². The normalized spacial score (nSPS) is 10.9. The number of H-pyrrole nitrogens is 1. The molecule has 0 spiro atoms. The van der Waals surface area contributed by atoms with E-state index in [1.54, 1.807) is 31.4 Å². The molecule has 0 bridgehead atoms. The molecule has 2 N–H and O–H groups in total. The first kappa shape index (κ1) is 19.0. The molecule has 0 unspecified atom stereocenters. The van der Waals surface area contributed by atoms with Crippen molar-refractivity contribution in [3.63, 3.8) is 0 Å². The van der Waals surface area contributed by atoms with Crippen LogP contribution in [-0.2, 0) is 6.42 Å². The number of rotatable bonds is 6. The van der Waals surface area contributed by atoms with Crippen LogP contribution in [0.4, 0.5) is 5.69 Å². The van der Waals surface area contributed by atoms with Crippen LogP contribution in [0.1, 0.15) is 29.9 Å². The lowest BCUT2D eigenvalue weighted by Gasteiger charge is -2.11. The molecule has 6 heteroatoms. The van der Waals surface area contributed by atoms with E-state index >= 15 is 0 Å². The number of benzene rings is 2. The fraction of sp³-hybridized carbons (Fsp3) is 0.238. The van der Waals surface area contributed by atoms with Crippen molar-refractivity contribution in [2.75, 3.05) is 12.4 Å². The van der Waals surface area contributed by atoms with E-state index in [4.69, 9.17) is 16.3 Å². The molecule has 3 rings (SSSR count). The zero-order valence-corrected chi connectivity index (χ0v) is 16.3. The monoisotopic (exact) mass is 383 g/mol. The molecule has 1 heterocycles. The van der Waals surface area contributed by atoms with Gasteiger partial charge in [-0.1, -0.05) is 49.7 Å². The topological polar surface area (TPSA) is 67.0 Å². The maximum atomic E-state index is 12.8. The number of ether oxygens (including phenoxy) is 1. The molecule has 0 aliphatic rings. The number of hydrogen-bond donors (Lipinski definition) is 2. The van der Waals surface area contributed by atoms with Gasteiger partial charge in [-0.05, 0) is 36.6 Å². The summed E-state index contributed by atoms with van der Waals surface area (Å²) in [5.74, 6) is 0.861. The van der Waals surface area contributed by atoms with Crippen molar-refractivity contribution in [2.45, 2.75) is 20.3 Å². The number of aromatic amines is 1. The molecule has 27 heavy (non-hydrogen) atoms. The molecule has 0 saturated heterocycles. The van der Waals surface area contributed by atoms with Gasteiger partial charge in [-0.25, -0.2) is 0 Å². The van der Waals surface area contributed by atoms with E-state index in [2.05, 4.69) is 29.4 Å². The molecule has 0 radical (unpaired) electrons. The molecule has 2 aromatic carbocycles. The lowest BCUT2D eigenvalue weighted by atomic mass is 10.0. The van der Waals surface area contributed by atoms with Gasteiger partial charge in [0.2, 0.25) is 0 Å². The molecule has 5 nitrogen and oxygen atoms in total. The second kappa shape index (κ2) is 8.27. The fourth-order valence-electron chi connectivity index (χ4n) is 2.87. The Morgan fingerprint density at radius 3 is 2.70 bits per heavy atom. The predicted molar refractivity (Wildman–Crippen MR) is 109 cm³/mol. The lowest BCUT2D eigenvalue weighted by Crippen LogP contribution is -2.14. The maximum Gasteiger partial charge on any atom is 0.257 e. The van der Waals surface area contributed by atoms with Crippen molar-refractivity contribution in [1.29, 1.82) is 0 Å². The summed E-state index contributed by atoms with van der Waals surface area (Å²) >= 11 is 6.18. The summed E-state index contributed by atoms with van der Waals surface area (Å²) in [5.41, 5.74) is 3.50. The van der Waals surface area contributed by atoms with E-state index in [0.29, 0.717) is 27.9 Å². The Balaban J connectivity index is 2.02. The largest absolute Gasteiger partial charge is 0.497 e.